The predicted molar refractivity (Wildman–Crippen MR) is 101 cm³/mol. The van der Waals surface area contributed by atoms with Crippen molar-refractivity contribution in [1.29, 1.82) is 0 Å². The number of thioether (sulfide) groups is 1. The second kappa shape index (κ2) is 7.28. The molecule has 3 aromatic rings. The summed E-state index contributed by atoms with van der Waals surface area (Å²) in [6, 6.07) is 11.2. The molecule has 9 heteroatoms. The summed E-state index contributed by atoms with van der Waals surface area (Å²) in [5.41, 5.74) is 1.35. The van der Waals surface area contributed by atoms with E-state index in [2.05, 4.69) is 10.2 Å². The van der Waals surface area contributed by atoms with Crippen molar-refractivity contribution in [2.75, 3.05) is 0 Å². The molecule has 1 aliphatic rings. The molecule has 0 aliphatic heterocycles. The van der Waals surface area contributed by atoms with E-state index in [-0.39, 0.29) is 11.5 Å². The number of halogens is 2. The first-order valence-corrected chi connectivity index (χ1v) is 9.66. The van der Waals surface area contributed by atoms with Crippen LogP contribution in [0.4, 0.5) is 10.1 Å². The van der Waals surface area contributed by atoms with E-state index in [1.807, 2.05) is 4.57 Å². The first-order chi connectivity index (χ1) is 13.0. The molecule has 0 spiro atoms. The number of aromatic nitrogens is 3. The Balaban J connectivity index is 1.60. The molecule has 0 atom stereocenters. The molecule has 0 unspecified atom stereocenters. The number of nitrogens with zero attached hydrogens (tertiary/aromatic N) is 4. The van der Waals surface area contributed by atoms with Crippen molar-refractivity contribution < 1.29 is 9.31 Å². The van der Waals surface area contributed by atoms with Gasteiger partial charge < -0.3 is 0 Å². The maximum Gasteiger partial charge on any atom is 0.269 e. The lowest BCUT2D eigenvalue weighted by Crippen LogP contribution is -2.00. The highest BCUT2D eigenvalue weighted by Gasteiger charge is 2.30. The number of non-ortho nitro benzene ring substituents is 1. The first-order valence-electron chi connectivity index (χ1n) is 8.29. The topological polar surface area (TPSA) is 73.8 Å². The Morgan fingerprint density at radius 3 is 2.59 bits per heavy atom. The van der Waals surface area contributed by atoms with Crippen molar-refractivity contribution in [1.82, 2.24) is 14.8 Å². The zero-order valence-corrected chi connectivity index (χ0v) is 15.6. The summed E-state index contributed by atoms with van der Waals surface area (Å²) in [4.78, 5) is 10.4. The van der Waals surface area contributed by atoms with Gasteiger partial charge in [0.15, 0.2) is 11.0 Å². The van der Waals surface area contributed by atoms with Gasteiger partial charge in [0.2, 0.25) is 0 Å². The Hall–Kier alpha value is -2.45. The van der Waals surface area contributed by atoms with Crippen LogP contribution in [-0.4, -0.2) is 19.7 Å². The van der Waals surface area contributed by atoms with Gasteiger partial charge in [-0.1, -0.05) is 29.4 Å². The Bertz CT molecular complexity index is 1010. The molecule has 0 saturated heterocycles. The number of nitro groups is 1. The van der Waals surface area contributed by atoms with E-state index >= 15 is 0 Å². The van der Waals surface area contributed by atoms with Gasteiger partial charge in [-0.3, -0.25) is 14.7 Å². The maximum atomic E-state index is 14.0. The fraction of sp³-hybridized carbons (Fsp3) is 0.222. The van der Waals surface area contributed by atoms with E-state index in [0.29, 0.717) is 33.4 Å². The van der Waals surface area contributed by atoms with Gasteiger partial charge in [0, 0.05) is 34.5 Å². The van der Waals surface area contributed by atoms with Crippen LogP contribution < -0.4 is 0 Å². The monoisotopic (exact) mass is 404 g/mol. The SMILES string of the molecule is O=[N+]([O-])c1ccc(-c2nnc(SCc3ccc(Cl)cc3F)n2C2CC2)cc1. The third kappa shape index (κ3) is 3.81. The minimum absolute atomic E-state index is 0.0315. The smallest absolute Gasteiger partial charge is 0.269 e. The fourth-order valence-corrected chi connectivity index (χ4v) is 3.90. The number of rotatable bonds is 6. The molecular formula is C18H14ClFN4O2S. The predicted octanol–water partition coefficient (Wildman–Crippen LogP) is 5.27. The van der Waals surface area contributed by atoms with Gasteiger partial charge in [0.1, 0.15) is 5.82 Å². The summed E-state index contributed by atoms with van der Waals surface area (Å²) in [5.74, 6) is 0.739. The van der Waals surface area contributed by atoms with Crippen LogP contribution in [0.3, 0.4) is 0 Å². The number of nitro benzene ring substituents is 1. The van der Waals surface area contributed by atoms with E-state index in [4.69, 9.17) is 11.6 Å². The molecule has 1 aliphatic carbocycles. The summed E-state index contributed by atoms with van der Waals surface area (Å²) < 4.78 is 16.0. The first kappa shape index (κ1) is 17.9. The van der Waals surface area contributed by atoms with Gasteiger partial charge in [-0.15, -0.1) is 10.2 Å². The van der Waals surface area contributed by atoms with Gasteiger partial charge in [-0.05, 0) is 42.7 Å². The molecule has 4 rings (SSSR count). The lowest BCUT2D eigenvalue weighted by Gasteiger charge is -2.09. The average Bonchev–Trinajstić information content (AvgIpc) is 3.40. The molecule has 0 radical (unpaired) electrons. The fourth-order valence-electron chi connectivity index (χ4n) is 2.75. The summed E-state index contributed by atoms with van der Waals surface area (Å²) in [6.07, 6.45) is 2.06. The molecule has 6 nitrogen and oxygen atoms in total. The van der Waals surface area contributed by atoms with E-state index in [1.165, 1.54) is 30.0 Å². The molecule has 2 aromatic carbocycles. The maximum absolute atomic E-state index is 14.0. The summed E-state index contributed by atoms with van der Waals surface area (Å²) >= 11 is 7.21. The molecule has 1 heterocycles. The highest BCUT2D eigenvalue weighted by atomic mass is 35.5. The molecule has 138 valence electrons. The van der Waals surface area contributed by atoms with Crippen LogP contribution in [0.5, 0.6) is 0 Å². The second-order valence-corrected chi connectivity index (χ2v) is 7.61. The quantitative estimate of drug-likeness (QED) is 0.317. The van der Waals surface area contributed by atoms with Crippen molar-refractivity contribution in [3.8, 4) is 11.4 Å². The standard InChI is InChI=1S/C18H14ClFN4O2S/c19-13-4-1-12(16(20)9-13)10-27-18-22-21-17(23(18)14-7-8-14)11-2-5-15(6-3-11)24(25)26/h1-6,9,14H,7-8,10H2. The Morgan fingerprint density at radius 2 is 1.96 bits per heavy atom. The van der Waals surface area contributed by atoms with Crippen LogP contribution in [0, 0.1) is 15.9 Å². The third-order valence-electron chi connectivity index (χ3n) is 4.28. The second-order valence-electron chi connectivity index (χ2n) is 6.24. The summed E-state index contributed by atoms with van der Waals surface area (Å²) in [7, 11) is 0. The molecule has 1 fully saturated rings. The van der Waals surface area contributed by atoms with Gasteiger partial charge >= 0.3 is 0 Å². The van der Waals surface area contributed by atoms with Gasteiger partial charge in [0.05, 0.1) is 4.92 Å². The summed E-state index contributed by atoms with van der Waals surface area (Å²) in [5, 5.41) is 20.5. The Labute approximate surface area is 163 Å². The van der Waals surface area contributed by atoms with Crippen LogP contribution in [-0.2, 0) is 5.75 Å². The molecule has 0 amide bonds. The lowest BCUT2D eigenvalue weighted by atomic mass is 10.2. The van der Waals surface area contributed by atoms with E-state index < -0.39 is 4.92 Å². The Morgan fingerprint density at radius 1 is 1.22 bits per heavy atom. The van der Waals surface area contributed by atoms with Crippen molar-refractivity contribution in [2.45, 2.75) is 29.8 Å². The normalized spacial score (nSPS) is 13.7. The van der Waals surface area contributed by atoms with Crippen molar-refractivity contribution in [3.63, 3.8) is 0 Å². The van der Waals surface area contributed by atoms with Gasteiger partial charge in [0.25, 0.3) is 5.69 Å². The van der Waals surface area contributed by atoms with Crippen molar-refractivity contribution >= 4 is 29.1 Å². The highest BCUT2D eigenvalue weighted by Crippen LogP contribution is 2.41. The molecule has 27 heavy (non-hydrogen) atoms. The molecule has 0 N–H and O–H groups in total. The van der Waals surface area contributed by atoms with Crippen molar-refractivity contribution in [2.24, 2.45) is 0 Å². The van der Waals surface area contributed by atoms with Crippen LogP contribution in [0.15, 0.2) is 47.6 Å². The van der Waals surface area contributed by atoms with Crippen LogP contribution in [0.1, 0.15) is 24.4 Å². The molecule has 1 saturated carbocycles. The number of hydrogen-bond donors (Lipinski definition) is 0. The van der Waals surface area contributed by atoms with E-state index in [1.54, 1.807) is 24.3 Å². The van der Waals surface area contributed by atoms with Crippen LogP contribution in [0.25, 0.3) is 11.4 Å². The van der Waals surface area contributed by atoms with Crippen molar-refractivity contribution in [3.05, 3.63) is 69.0 Å². The minimum Gasteiger partial charge on any atom is -0.299 e. The number of hydrogen-bond acceptors (Lipinski definition) is 5. The van der Waals surface area contributed by atoms with Crippen LogP contribution >= 0.6 is 23.4 Å². The lowest BCUT2D eigenvalue weighted by molar-refractivity contribution is -0.384. The zero-order chi connectivity index (χ0) is 19.0. The van der Waals surface area contributed by atoms with Gasteiger partial charge in [-0.2, -0.15) is 0 Å². The molecule has 0 bridgehead atoms. The van der Waals surface area contributed by atoms with E-state index in [0.717, 1.165) is 18.4 Å². The molecular weight excluding hydrogens is 391 g/mol. The van der Waals surface area contributed by atoms with E-state index in [9.17, 15) is 14.5 Å². The highest BCUT2D eigenvalue weighted by molar-refractivity contribution is 7.98. The largest absolute Gasteiger partial charge is 0.299 e. The average molecular weight is 405 g/mol. The van der Waals surface area contributed by atoms with Gasteiger partial charge in [-0.25, -0.2) is 4.39 Å². The number of benzene rings is 2. The Kier molecular flexibility index (Phi) is 4.84. The third-order valence-corrected chi connectivity index (χ3v) is 5.51. The minimum atomic E-state index is -0.433. The van der Waals surface area contributed by atoms with Crippen LogP contribution in [0.2, 0.25) is 5.02 Å². The molecule has 1 aromatic heterocycles. The summed E-state index contributed by atoms with van der Waals surface area (Å²) in [6.45, 7) is 0. The zero-order valence-electron chi connectivity index (χ0n) is 14.0.